The van der Waals surface area contributed by atoms with Crippen LogP contribution < -0.4 is 0 Å². The van der Waals surface area contributed by atoms with Gasteiger partial charge in [-0.15, -0.1) is 10.3 Å². The van der Waals surface area contributed by atoms with E-state index in [9.17, 15) is 20.0 Å². The van der Waals surface area contributed by atoms with Crippen LogP contribution in [0.1, 0.15) is 87.5 Å². The highest BCUT2D eigenvalue weighted by atomic mass is 16.6. The fourth-order valence-electron chi connectivity index (χ4n) is 5.09. The van der Waals surface area contributed by atoms with Crippen molar-refractivity contribution < 1.29 is 29.5 Å². The number of piperidine rings is 2. The average molecular weight is 414 g/mol. The molecule has 0 amide bonds. The van der Waals surface area contributed by atoms with Crippen LogP contribution in [0.2, 0.25) is 0 Å². The van der Waals surface area contributed by atoms with E-state index in [0.717, 1.165) is 5.06 Å². The third-order valence-corrected chi connectivity index (χ3v) is 6.04. The van der Waals surface area contributed by atoms with Gasteiger partial charge in [0.15, 0.2) is 0 Å². The summed E-state index contributed by atoms with van der Waals surface area (Å²) in [5, 5.41) is 25.1. The number of carbonyl (C=O) groups is 2. The average Bonchev–Trinajstić information content (AvgIpc) is 2.48. The summed E-state index contributed by atoms with van der Waals surface area (Å²) < 4.78 is 11.1. The van der Waals surface area contributed by atoms with Crippen molar-refractivity contribution in [3.05, 3.63) is 0 Å². The van der Waals surface area contributed by atoms with Gasteiger partial charge in [0.2, 0.25) is 0 Å². The monoisotopic (exact) mass is 413 g/mol. The number of carbonyl (C=O) groups excluding carboxylic acids is 2. The highest BCUT2D eigenvalue weighted by Crippen LogP contribution is 2.39. The largest absolute Gasteiger partial charge is 0.462 e. The lowest BCUT2D eigenvalue weighted by Crippen LogP contribution is -2.60. The lowest BCUT2D eigenvalue weighted by molar-refractivity contribution is -0.299. The second-order valence-corrected chi connectivity index (χ2v) is 11.1. The number of hydroxylamine groups is 4. The van der Waals surface area contributed by atoms with Gasteiger partial charge in [0.05, 0.1) is 0 Å². The van der Waals surface area contributed by atoms with E-state index in [2.05, 4.69) is 0 Å². The number of esters is 2. The Kier molecular flexibility index (Phi) is 6.47. The van der Waals surface area contributed by atoms with Crippen molar-refractivity contribution in [3.8, 4) is 0 Å². The number of ether oxygens (including phenoxy) is 2. The molecule has 2 aliphatic heterocycles. The molecule has 2 saturated heterocycles. The molecule has 8 heteroatoms. The second kappa shape index (κ2) is 7.80. The number of rotatable bonds is 4. The molecule has 2 fully saturated rings. The van der Waals surface area contributed by atoms with E-state index in [-0.39, 0.29) is 6.10 Å². The maximum Gasteiger partial charge on any atom is 0.317 e. The van der Waals surface area contributed by atoms with Gasteiger partial charge in [-0.2, -0.15) is 5.06 Å². The third-order valence-electron chi connectivity index (χ3n) is 6.04. The molecule has 0 aromatic heterocycles. The molecule has 0 aromatic rings. The number of hydrogen-bond acceptors (Lipinski definition) is 7. The summed E-state index contributed by atoms with van der Waals surface area (Å²) in [6, 6.07) is 0. The van der Waals surface area contributed by atoms with Gasteiger partial charge in [-0.25, -0.2) is 0 Å². The Bertz CT molecular complexity index is 553. The van der Waals surface area contributed by atoms with Crippen LogP contribution in [0.5, 0.6) is 0 Å². The summed E-state index contributed by atoms with van der Waals surface area (Å²) in [6.07, 6.45) is 0.511. The van der Waals surface area contributed by atoms with Gasteiger partial charge in [0.25, 0.3) is 0 Å². The zero-order chi connectivity index (χ0) is 22.4. The molecular weight excluding hydrogens is 376 g/mol. The van der Waals surface area contributed by atoms with Crippen molar-refractivity contribution in [2.75, 3.05) is 0 Å². The Labute approximate surface area is 174 Å². The maximum atomic E-state index is 12.4. The van der Waals surface area contributed by atoms with Gasteiger partial charge >= 0.3 is 11.9 Å². The van der Waals surface area contributed by atoms with Crippen molar-refractivity contribution in [1.29, 1.82) is 0 Å². The molecule has 0 unspecified atom stereocenters. The van der Waals surface area contributed by atoms with Crippen LogP contribution in [0.15, 0.2) is 0 Å². The Morgan fingerprint density at radius 3 is 1.41 bits per heavy atom. The van der Waals surface area contributed by atoms with Crippen LogP contribution in [-0.2, 0) is 24.3 Å². The van der Waals surface area contributed by atoms with E-state index in [1.165, 1.54) is 5.06 Å². The third kappa shape index (κ3) is 5.48. The standard InChI is InChI=1S/C21H37N2O6/c1-18(2)10-14(11-19(3,4)22(18)26)28-16(24)9-17(25)29-15-12-20(5,6)23(27)21(7,8)13-15/h14-15,26H,9-13H2,1-8H3. The number of hydrogen-bond donors (Lipinski definition) is 1. The van der Waals surface area contributed by atoms with Crippen molar-refractivity contribution in [1.82, 2.24) is 10.1 Å². The van der Waals surface area contributed by atoms with Crippen molar-refractivity contribution in [3.63, 3.8) is 0 Å². The molecule has 8 nitrogen and oxygen atoms in total. The number of nitrogens with zero attached hydrogens (tertiary/aromatic N) is 2. The van der Waals surface area contributed by atoms with Crippen LogP contribution in [0.4, 0.5) is 0 Å². The van der Waals surface area contributed by atoms with E-state index in [1.54, 1.807) is 0 Å². The Hall–Kier alpha value is -1.22. The molecule has 0 atom stereocenters. The molecule has 1 radical (unpaired) electrons. The van der Waals surface area contributed by atoms with Gasteiger partial charge in [-0.3, -0.25) is 9.59 Å². The molecule has 29 heavy (non-hydrogen) atoms. The van der Waals surface area contributed by atoms with E-state index in [1.807, 2.05) is 55.4 Å². The highest BCUT2D eigenvalue weighted by molar-refractivity contribution is 5.91. The Balaban J connectivity index is 1.91. The van der Waals surface area contributed by atoms with Crippen molar-refractivity contribution >= 4 is 11.9 Å². The summed E-state index contributed by atoms with van der Waals surface area (Å²) in [5.41, 5.74) is -2.39. The van der Waals surface area contributed by atoms with E-state index >= 15 is 0 Å². The fourth-order valence-corrected chi connectivity index (χ4v) is 5.09. The zero-order valence-corrected chi connectivity index (χ0v) is 19.1. The fraction of sp³-hybridized carbons (Fsp3) is 0.905. The SMILES string of the molecule is CC1(C)CC(OC(=O)CC(=O)OC2CC(C)(C)N(O)C(C)(C)C2)CC(C)(C)N1[O]. The lowest BCUT2D eigenvalue weighted by Gasteiger charge is -2.50. The minimum atomic E-state index is -0.650. The summed E-state index contributed by atoms with van der Waals surface area (Å²) in [6.45, 7) is 14.8. The lowest BCUT2D eigenvalue weighted by atomic mass is 9.80. The molecule has 0 spiro atoms. The first-order valence-corrected chi connectivity index (χ1v) is 10.3. The van der Waals surface area contributed by atoms with E-state index in [0.29, 0.717) is 25.7 Å². The van der Waals surface area contributed by atoms with Crippen LogP contribution in [0, 0.1) is 0 Å². The summed E-state index contributed by atoms with van der Waals surface area (Å²) in [7, 11) is 0. The molecule has 0 aliphatic carbocycles. The van der Waals surface area contributed by atoms with Gasteiger partial charge in [-0.05, 0) is 55.4 Å². The second-order valence-electron chi connectivity index (χ2n) is 11.1. The first kappa shape index (κ1) is 24.1. The normalized spacial score (nSPS) is 27.4. The van der Waals surface area contributed by atoms with Crippen molar-refractivity contribution in [2.45, 2.75) is 122 Å². The van der Waals surface area contributed by atoms with E-state index < -0.39 is 46.6 Å². The van der Waals surface area contributed by atoms with Crippen LogP contribution >= 0.6 is 0 Å². The molecule has 2 aliphatic rings. The topological polar surface area (TPSA) is 99.2 Å². The summed E-state index contributed by atoms with van der Waals surface area (Å²) >= 11 is 0. The molecule has 0 aromatic carbocycles. The smallest absolute Gasteiger partial charge is 0.317 e. The van der Waals surface area contributed by atoms with Gasteiger partial charge in [0, 0.05) is 47.8 Å². The first-order valence-electron chi connectivity index (χ1n) is 10.3. The van der Waals surface area contributed by atoms with Gasteiger partial charge < -0.3 is 14.7 Å². The quantitative estimate of drug-likeness (QED) is 0.558. The molecule has 0 bridgehead atoms. The molecule has 0 saturated carbocycles. The minimum absolute atomic E-state index is 0.384. The molecule has 2 heterocycles. The summed E-state index contributed by atoms with van der Waals surface area (Å²) in [4.78, 5) is 24.6. The summed E-state index contributed by atoms with van der Waals surface area (Å²) in [5.74, 6) is -1.26. The van der Waals surface area contributed by atoms with Gasteiger partial charge in [0.1, 0.15) is 18.6 Å². The first-order chi connectivity index (χ1) is 13.0. The zero-order valence-electron chi connectivity index (χ0n) is 19.1. The maximum absolute atomic E-state index is 12.4. The van der Waals surface area contributed by atoms with Gasteiger partial charge in [-0.1, -0.05) is 0 Å². The predicted molar refractivity (Wildman–Crippen MR) is 105 cm³/mol. The predicted octanol–water partition coefficient (Wildman–Crippen LogP) is 3.24. The van der Waals surface area contributed by atoms with Crippen molar-refractivity contribution in [2.24, 2.45) is 0 Å². The van der Waals surface area contributed by atoms with Crippen LogP contribution in [0.3, 0.4) is 0 Å². The van der Waals surface area contributed by atoms with E-state index in [4.69, 9.17) is 9.47 Å². The molecule has 1 N–H and O–H groups in total. The minimum Gasteiger partial charge on any atom is -0.462 e. The van der Waals surface area contributed by atoms with Crippen LogP contribution in [-0.4, -0.2) is 61.6 Å². The molecule has 2 rings (SSSR count). The molecule has 167 valence electrons. The Morgan fingerprint density at radius 1 is 0.759 bits per heavy atom. The highest BCUT2D eigenvalue weighted by Gasteiger charge is 2.48. The molecular formula is C21H37N2O6. The van der Waals surface area contributed by atoms with Crippen LogP contribution in [0.25, 0.3) is 0 Å². The Morgan fingerprint density at radius 2 is 1.07 bits per heavy atom.